The van der Waals surface area contributed by atoms with Gasteiger partial charge in [-0.3, -0.25) is 14.9 Å². The van der Waals surface area contributed by atoms with Crippen molar-refractivity contribution in [1.29, 1.82) is 0 Å². The predicted octanol–water partition coefficient (Wildman–Crippen LogP) is 2.29. The van der Waals surface area contributed by atoms with Crippen LogP contribution in [0.2, 0.25) is 0 Å². The second kappa shape index (κ2) is 5.65. The molecule has 3 rings (SSSR count). The molecule has 1 amide bonds. The van der Waals surface area contributed by atoms with Gasteiger partial charge >= 0.3 is 0 Å². The Morgan fingerprint density at radius 2 is 1.95 bits per heavy atom. The van der Waals surface area contributed by atoms with E-state index in [9.17, 15) is 14.9 Å². The van der Waals surface area contributed by atoms with Crippen molar-refractivity contribution in [3.63, 3.8) is 0 Å². The van der Waals surface area contributed by atoms with Crippen LogP contribution in [-0.2, 0) is 4.74 Å². The zero-order valence-corrected chi connectivity index (χ0v) is 12.3. The van der Waals surface area contributed by atoms with Gasteiger partial charge in [0.2, 0.25) is 0 Å². The third-order valence-electron chi connectivity index (χ3n) is 3.95. The Labute approximate surface area is 126 Å². The van der Waals surface area contributed by atoms with Crippen molar-refractivity contribution < 1.29 is 14.5 Å². The van der Waals surface area contributed by atoms with E-state index in [-0.39, 0.29) is 16.5 Å². The monoisotopic (exact) mass is 308 g/mol. The van der Waals surface area contributed by atoms with Crippen LogP contribution in [0.3, 0.4) is 0 Å². The summed E-state index contributed by atoms with van der Waals surface area (Å²) in [5, 5.41) is 10.6. The molecule has 0 unspecified atom stereocenters. The van der Waals surface area contributed by atoms with Gasteiger partial charge in [-0.2, -0.15) is 0 Å². The largest absolute Gasteiger partial charge is 0.363 e. The number of ether oxygens (including phenoxy) is 1. The molecule has 0 aliphatic carbocycles. The number of carbonyl (C=O) groups excluding carboxylic acids is 1. The lowest BCUT2D eigenvalue weighted by Gasteiger charge is -2.37. The number of piperidine rings is 1. The first-order valence-electron chi connectivity index (χ1n) is 6.91. The number of carbonyl (C=O) groups is 1. The van der Waals surface area contributed by atoms with Crippen LogP contribution in [0.1, 0.15) is 23.2 Å². The number of hydrogen-bond donors (Lipinski definition) is 0. The summed E-state index contributed by atoms with van der Waals surface area (Å²) < 4.78 is 5.81. The number of thioether (sulfide) groups is 1. The van der Waals surface area contributed by atoms with Gasteiger partial charge in [0.1, 0.15) is 4.93 Å². The summed E-state index contributed by atoms with van der Waals surface area (Å²) in [5.41, 5.74) is 0.497. The first-order valence-corrected chi connectivity index (χ1v) is 7.90. The molecule has 6 nitrogen and oxygen atoms in total. The second-order valence-corrected chi connectivity index (χ2v) is 6.64. The van der Waals surface area contributed by atoms with Gasteiger partial charge in [0, 0.05) is 49.4 Å². The number of likely N-dealkylation sites (tertiary alicyclic amines) is 1. The van der Waals surface area contributed by atoms with Gasteiger partial charge in [0.25, 0.3) is 11.6 Å². The molecule has 0 N–H and O–H groups in total. The lowest BCUT2D eigenvalue weighted by molar-refractivity contribution is -0.384. The highest BCUT2D eigenvalue weighted by atomic mass is 32.2. The molecule has 0 bridgehead atoms. The third kappa shape index (κ3) is 2.89. The highest BCUT2D eigenvalue weighted by Crippen LogP contribution is 2.41. The minimum Gasteiger partial charge on any atom is -0.363 e. The Balaban J connectivity index is 1.64. The maximum absolute atomic E-state index is 12.4. The van der Waals surface area contributed by atoms with Crippen molar-refractivity contribution in [1.82, 2.24) is 4.90 Å². The summed E-state index contributed by atoms with van der Waals surface area (Å²) in [7, 11) is 0. The number of hydrogen-bond acceptors (Lipinski definition) is 5. The Bertz CT molecular complexity index is 545. The third-order valence-corrected chi connectivity index (χ3v) is 5.37. The van der Waals surface area contributed by atoms with Gasteiger partial charge in [-0.25, -0.2) is 0 Å². The highest BCUT2D eigenvalue weighted by Gasteiger charge is 2.40. The maximum atomic E-state index is 12.4. The fourth-order valence-corrected chi connectivity index (χ4v) is 3.92. The van der Waals surface area contributed by atoms with Crippen molar-refractivity contribution in [3.8, 4) is 0 Å². The summed E-state index contributed by atoms with van der Waals surface area (Å²) in [6, 6.07) is 5.78. The topological polar surface area (TPSA) is 72.7 Å². The van der Waals surface area contributed by atoms with Gasteiger partial charge < -0.3 is 9.64 Å². The van der Waals surface area contributed by atoms with Crippen LogP contribution in [0.5, 0.6) is 0 Å². The van der Waals surface area contributed by atoms with Gasteiger partial charge in [-0.05, 0) is 12.1 Å². The molecule has 21 heavy (non-hydrogen) atoms. The molecule has 2 heterocycles. The van der Waals surface area contributed by atoms with Crippen molar-refractivity contribution >= 4 is 23.4 Å². The highest BCUT2D eigenvalue weighted by molar-refractivity contribution is 8.00. The number of nitro benzene ring substituents is 1. The molecule has 2 aliphatic rings. The van der Waals surface area contributed by atoms with E-state index in [0.717, 1.165) is 25.2 Å². The number of amides is 1. The lowest BCUT2D eigenvalue weighted by atomic mass is 10.1. The average molecular weight is 308 g/mol. The number of nitrogens with zero attached hydrogens (tertiary/aromatic N) is 2. The number of benzene rings is 1. The lowest BCUT2D eigenvalue weighted by Crippen LogP contribution is -2.45. The van der Waals surface area contributed by atoms with Crippen LogP contribution >= 0.6 is 11.8 Å². The summed E-state index contributed by atoms with van der Waals surface area (Å²) in [6.07, 6.45) is 1.69. The minimum absolute atomic E-state index is 0.0000901. The summed E-state index contributed by atoms with van der Waals surface area (Å²) in [5.74, 6) is 0.957. The van der Waals surface area contributed by atoms with Gasteiger partial charge in [0.15, 0.2) is 0 Å². The smallest absolute Gasteiger partial charge is 0.269 e. The SMILES string of the molecule is O=C(c1ccc([N+](=O)[O-])cc1)N1CCC2(CC1)OCCS2. The zero-order valence-electron chi connectivity index (χ0n) is 11.5. The molecule has 0 saturated carbocycles. The van der Waals surface area contributed by atoms with Crippen LogP contribution in [0, 0.1) is 10.1 Å². The molecule has 112 valence electrons. The zero-order chi connectivity index (χ0) is 14.9. The van der Waals surface area contributed by atoms with Crippen molar-refractivity contribution in [2.75, 3.05) is 25.4 Å². The molecule has 1 aromatic rings. The van der Waals surface area contributed by atoms with Crippen LogP contribution < -0.4 is 0 Å². The molecular weight excluding hydrogens is 292 g/mol. The van der Waals surface area contributed by atoms with Gasteiger partial charge in [-0.15, -0.1) is 11.8 Å². The van der Waals surface area contributed by atoms with E-state index in [1.807, 2.05) is 11.8 Å². The maximum Gasteiger partial charge on any atom is 0.269 e. The van der Waals surface area contributed by atoms with E-state index in [4.69, 9.17) is 4.74 Å². The Hall–Kier alpha value is -1.60. The standard InChI is InChI=1S/C14H16N2O4S/c17-13(11-1-3-12(4-2-11)16(18)19)15-7-5-14(6-8-15)20-9-10-21-14/h1-4H,5-10H2. The average Bonchev–Trinajstić information content (AvgIpc) is 2.96. The van der Waals surface area contributed by atoms with E-state index in [1.54, 1.807) is 4.90 Å². The van der Waals surface area contributed by atoms with Crippen molar-refractivity contribution in [2.24, 2.45) is 0 Å². The predicted molar refractivity (Wildman–Crippen MR) is 79.4 cm³/mol. The van der Waals surface area contributed by atoms with E-state index in [1.165, 1.54) is 24.3 Å². The molecule has 1 spiro atoms. The Morgan fingerprint density at radius 3 is 2.48 bits per heavy atom. The molecule has 7 heteroatoms. The first kappa shape index (κ1) is 14.3. The fourth-order valence-electron chi connectivity index (χ4n) is 2.74. The minimum atomic E-state index is -0.465. The second-order valence-electron chi connectivity index (χ2n) is 5.20. The van der Waals surface area contributed by atoms with E-state index in [0.29, 0.717) is 18.7 Å². The Kier molecular flexibility index (Phi) is 3.86. The van der Waals surface area contributed by atoms with Crippen molar-refractivity contribution in [2.45, 2.75) is 17.8 Å². The van der Waals surface area contributed by atoms with E-state index in [2.05, 4.69) is 0 Å². The van der Waals surface area contributed by atoms with Crippen LogP contribution in [0.4, 0.5) is 5.69 Å². The molecule has 0 aromatic heterocycles. The number of rotatable bonds is 2. The van der Waals surface area contributed by atoms with Gasteiger partial charge in [-0.1, -0.05) is 0 Å². The number of non-ortho nitro benzene ring substituents is 1. The summed E-state index contributed by atoms with van der Waals surface area (Å²) >= 11 is 1.85. The molecule has 0 atom stereocenters. The normalized spacial score (nSPS) is 20.7. The fraction of sp³-hybridized carbons (Fsp3) is 0.500. The summed E-state index contributed by atoms with van der Waals surface area (Å²) in [6.45, 7) is 2.13. The molecular formula is C14H16N2O4S. The van der Waals surface area contributed by atoms with Crippen molar-refractivity contribution in [3.05, 3.63) is 39.9 Å². The van der Waals surface area contributed by atoms with E-state index >= 15 is 0 Å². The molecule has 1 aromatic carbocycles. The molecule has 2 aliphatic heterocycles. The number of nitro groups is 1. The molecule has 2 saturated heterocycles. The van der Waals surface area contributed by atoms with Gasteiger partial charge in [0.05, 0.1) is 11.5 Å². The Morgan fingerprint density at radius 1 is 1.29 bits per heavy atom. The summed E-state index contributed by atoms with van der Waals surface area (Å²) in [4.78, 5) is 24.3. The first-order chi connectivity index (χ1) is 10.1. The van der Waals surface area contributed by atoms with Crippen LogP contribution in [0.25, 0.3) is 0 Å². The molecule has 2 fully saturated rings. The van der Waals surface area contributed by atoms with Crippen LogP contribution in [-0.4, -0.2) is 46.1 Å². The van der Waals surface area contributed by atoms with Crippen LogP contribution in [0.15, 0.2) is 24.3 Å². The molecule has 0 radical (unpaired) electrons. The quantitative estimate of drug-likeness (QED) is 0.619. The van der Waals surface area contributed by atoms with E-state index < -0.39 is 4.92 Å².